The molecule has 3 aromatic rings. The van der Waals surface area contributed by atoms with Crippen LogP contribution in [0.25, 0.3) is 17.0 Å². The summed E-state index contributed by atoms with van der Waals surface area (Å²) in [5, 5.41) is 0.954. The van der Waals surface area contributed by atoms with Crippen LogP contribution < -0.4 is 9.47 Å². The highest BCUT2D eigenvalue weighted by atomic mass is 16.6. The highest BCUT2D eigenvalue weighted by molar-refractivity contribution is 6.13. The number of fused-ring (bicyclic) bond motifs is 1. The van der Waals surface area contributed by atoms with Crippen LogP contribution in [-0.4, -0.2) is 26.1 Å². The maximum Gasteiger partial charge on any atom is 0.363 e. The number of benzene rings is 2. The molecule has 26 heavy (non-hydrogen) atoms. The number of esters is 1. The minimum atomic E-state index is -0.532. The molecule has 1 aromatic heterocycles. The van der Waals surface area contributed by atoms with Crippen LogP contribution in [0.15, 0.2) is 63.6 Å². The van der Waals surface area contributed by atoms with Crippen LogP contribution in [0.2, 0.25) is 0 Å². The number of carbonyl (C=O) groups excluding carboxylic acids is 1. The Labute approximate surface area is 149 Å². The third-order valence-electron chi connectivity index (χ3n) is 3.97. The van der Waals surface area contributed by atoms with Crippen molar-refractivity contribution in [2.75, 3.05) is 14.2 Å². The van der Waals surface area contributed by atoms with Crippen molar-refractivity contribution in [1.29, 1.82) is 0 Å². The first-order valence-electron chi connectivity index (χ1n) is 7.91. The van der Waals surface area contributed by atoms with E-state index in [9.17, 15) is 4.79 Å². The highest BCUT2D eigenvalue weighted by Gasteiger charge is 2.25. The van der Waals surface area contributed by atoms with Crippen LogP contribution in [0.1, 0.15) is 11.3 Å². The first kappa shape index (κ1) is 16.0. The van der Waals surface area contributed by atoms with Gasteiger partial charge in [-0.15, -0.1) is 0 Å². The molecule has 2 heterocycles. The summed E-state index contributed by atoms with van der Waals surface area (Å²) in [6.45, 7) is 0. The van der Waals surface area contributed by atoms with Gasteiger partial charge in [0.1, 0.15) is 11.3 Å². The van der Waals surface area contributed by atoms with Crippen molar-refractivity contribution in [1.82, 2.24) is 0 Å². The van der Waals surface area contributed by atoms with Gasteiger partial charge in [-0.05, 0) is 30.3 Å². The Kier molecular flexibility index (Phi) is 3.93. The van der Waals surface area contributed by atoms with Crippen LogP contribution in [0.3, 0.4) is 0 Å². The standard InChI is InChI=1S/C20H15NO5/c1-23-17-8-7-13(10-18(17)24-2)19-21-15(20(22)26-19)11-14-9-12-5-3-4-6-16(12)25-14/h3-11H,1-2H3/b15-11-. The van der Waals surface area contributed by atoms with Crippen molar-refractivity contribution in [3.8, 4) is 11.5 Å². The Bertz CT molecular complexity index is 1030. The predicted molar refractivity (Wildman–Crippen MR) is 96.4 cm³/mol. The molecule has 1 aliphatic rings. The highest BCUT2D eigenvalue weighted by Crippen LogP contribution is 2.30. The summed E-state index contributed by atoms with van der Waals surface area (Å²) >= 11 is 0. The molecule has 0 spiro atoms. The first-order chi connectivity index (χ1) is 12.7. The van der Waals surface area contributed by atoms with Gasteiger partial charge >= 0.3 is 5.97 Å². The van der Waals surface area contributed by atoms with Crippen molar-refractivity contribution in [2.45, 2.75) is 0 Å². The number of furan rings is 1. The first-order valence-corrected chi connectivity index (χ1v) is 7.91. The fourth-order valence-corrected chi connectivity index (χ4v) is 2.71. The lowest BCUT2D eigenvalue weighted by atomic mass is 10.2. The summed E-state index contributed by atoms with van der Waals surface area (Å²) in [6.07, 6.45) is 1.57. The molecular weight excluding hydrogens is 334 g/mol. The molecule has 0 saturated carbocycles. The van der Waals surface area contributed by atoms with Crippen molar-refractivity contribution in [3.05, 3.63) is 65.6 Å². The van der Waals surface area contributed by atoms with Crippen molar-refractivity contribution in [2.24, 2.45) is 4.99 Å². The summed E-state index contributed by atoms with van der Waals surface area (Å²) in [4.78, 5) is 16.4. The summed E-state index contributed by atoms with van der Waals surface area (Å²) in [5.41, 5.74) is 1.53. The average Bonchev–Trinajstić information content (AvgIpc) is 3.24. The Morgan fingerprint density at radius 1 is 1.00 bits per heavy atom. The van der Waals surface area contributed by atoms with Crippen molar-refractivity contribution < 1.29 is 23.4 Å². The van der Waals surface area contributed by atoms with E-state index in [0.29, 0.717) is 22.8 Å². The van der Waals surface area contributed by atoms with E-state index in [1.807, 2.05) is 30.3 Å². The number of aliphatic imine (C=N–C) groups is 1. The third-order valence-corrected chi connectivity index (χ3v) is 3.97. The topological polar surface area (TPSA) is 70.3 Å². The van der Waals surface area contributed by atoms with E-state index in [4.69, 9.17) is 18.6 Å². The lowest BCUT2D eigenvalue weighted by Crippen LogP contribution is -2.05. The fourth-order valence-electron chi connectivity index (χ4n) is 2.71. The molecule has 0 aliphatic carbocycles. The average molecular weight is 349 g/mol. The minimum Gasteiger partial charge on any atom is -0.493 e. The van der Waals surface area contributed by atoms with Gasteiger partial charge < -0.3 is 18.6 Å². The van der Waals surface area contributed by atoms with Crippen molar-refractivity contribution in [3.63, 3.8) is 0 Å². The molecule has 0 N–H and O–H groups in total. The number of nitrogens with zero attached hydrogens (tertiary/aromatic N) is 1. The number of hydrogen-bond donors (Lipinski definition) is 0. The summed E-state index contributed by atoms with van der Waals surface area (Å²) < 4.78 is 21.5. The van der Waals surface area contributed by atoms with Gasteiger partial charge in [-0.1, -0.05) is 18.2 Å². The number of para-hydroxylation sites is 1. The Morgan fingerprint density at radius 2 is 1.81 bits per heavy atom. The molecule has 0 saturated heterocycles. The van der Waals surface area contributed by atoms with Crippen LogP contribution in [0, 0.1) is 0 Å². The molecule has 0 bridgehead atoms. The molecule has 0 fully saturated rings. The van der Waals surface area contributed by atoms with Gasteiger partial charge in [0.2, 0.25) is 5.90 Å². The Hall–Kier alpha value is -3.54. The van der Waals surface area contributed by atoms with Crippen LogP contribution in [0.5, 0.6) is 11.5 Å². The number of cyclic esters (lactones) is 1. The van der Waals surface area contributed by atoms with Crippen LogP contribution >= 0.6 is 0 Å². The molecule has 0 unspecified atom stereocenters. The Morgan fingerprint density at radius 3 is 2.58 bits per heavy atom. The van der Waals surface area contributed by atoms with Crippen LogP contribution in [0.4, 0.5) is 0 Å². The number of carbonyl (C=O) groups is 1. The molecule has 1 aliphatic heterocycles. The zero-order chi connectivity index (χ0) is 18.1. The minimum absolute atomic E-state index is 0.175. The van der Waals surface area contributed by atoms with Gasteiger partial charge in [0, 0.05) is 17.0 Å². The second kappa shape index (κ2) is 6.40. The molecule has 4 rings (SSSR count). The van der Waals surface area contributed by atoms with E-state index in [-0.39, 0.29) is 11.6 Å². The lowest BCUT2D eigenvalue weighted by molar-refractivity contribution is -0.129. The SMILES string of the molecule is COc1ccc(C2=N/C(=C\c3cc4ccccc4o3)C(=O)O2)cc1OC. The normalized spacial score (nSPS) is 15.2. The van der Waals surface area contributed by atoms with E-state index in [0.717, 1.165) is 11.0 Å². The van der Waals surface area contributed by atoms with Crippen LogP contribution in [-0.2, 0) is 9.53 Å². The summed E-state index contributed by atoms with van der Waals surface area (Å²) in [6, 6.07) is 14.6. The predicted octanol–water partition coefficient (Wildman–Crippen LogP) is 3.79. The molecule has 0 amide bonds. The van der Waals surface area contributed by atoms with E-state index >= 15 is 0 Å². The monoisotopic (exact) mass is 349 g/mol. The van der Waals surface area contributed by atoms with E-state index in [1.54, 1.807) is 31.4 Å². The number of methoxy groups -OCH3 is 2. The fraction of sp³-hybridized carbons (Fsp3) is 0.100. The van der Waals surface area contributed by atoms with Gasteiger partial charge in [-0.25, -0.2) is 9.79 Å². The molecule has 6 nitrogen and oxygen atoms in total. The van der Waals surface area contributed by atoms with Gasteiger partial charge in [-0.3, -0.25) is 0 Å². The van der Waals surface area contributed by atoms with Gasteiger partial charge in [0.25, 0.3) is 0 Å². The molecular formula is C20H15NO5. The quantitative estimate of drug-likeness (QED) is 0.529. The van der Waals surface area contributed by atoms with E-state index in [2.05, 4.69) is 4.99 Å². The van der Waals surface area contributed by atoms with Gasteiger partial charge in [-0.2, -0.15) is 0 Å². The molecule has 0 radical (unpaired) electrons. The maximum absolute atomic E-state index is 12.2. The second-order valence-corrected chi connectivity index (χ2v) is 5.59. The summed E-state index contributed by atoms with van der Waals surface area (Å²) in [5.74, 6) is 1.32. The van der Waals surface area contributed by atoms with Gasteiger partial charge in [0.15, 0.2) is 17.2 Å². The Balaban J connectivity index is 1.69. The van der Waals surface area contributed by atoms with E-state index in [1.165, 1.54) is 7.11 Å². The third kappa shape index (κ3) is 2.82. The molecule has 130 valence electrons. The second-order valence-electron chi connectivity index (χ2n) is 5.59. The zero-order valence-corrected chi connectivity index (χ0v) is 14.2. The molecule has 6 heteroatoms. The maximum atomic E-state index is 12.2. The molecule has 0 atom stereocenters. The number of ether oxygens (including phenoxy) is 3. The number of rotatable bonds is 4. The van der Waals surface area contributed by atoms with Crippen molar-refractivity contribution >= 4 is 28.9 Å². The smallest absolute Gasteiger partial charge is 0.363 e. The van der Waals surface area contributed by atoms with E-state index < -0.39 is 5.97 Å². The molecule has 2 aromatic carbocycles. The zero-order valence-electron chi connectivity index (χ0n) is 14.2. The summed E-state index contributed by atoms with van der Waals surface area (Å²) in [7, 11) is 3.09. The number of hydrogen-bond acceptors (Lipinski definition) is 6. The largest absolute Gasteiger partial charge is 0.493 e. The van der Waals surface area contributed by atoms with Gasteiger partial charge in [0.05, 0.1) is 14.2 Å². The lowest BCUT2D eigenvalue weighted by Gasteiger charge is -2.08.